The summed E-state index contributed by atoms with van der Waals surface area (Å²) in [7, 11) is -1.33. The van der Waals surface area contributed by atoms with E-state index in [1.807, 2.05) is 0 Å². The Bertz CT molecular complexity index is 296. The van der Waals surface area contributed by atoms with Gasteiger partial charge in [0.25, 0.3) is 0 Å². The summed E-state index contributed by atoms with van der Waals surface area (Å²) in [6, 6.07) is 0. The molecule has 0 radical (unpaired) electrons. The zero-order chi connectivity index (χ0) is 11.4. The van der Waals surface area contributed by atoms with E-state index in [9.17, 15) is 13.2 Å². The van der Waals surface area contributed by atoms with Crippen molar-refractivity contribution >= 4 is 15.7 Å². The lowest BCUT2D eigenvalue weighted by Gasteiger charge is -2.22. The number of hydrogen-bond acceptors (Lipinski definition) is 4. The van der Waals surface area contributed by atoms with Gasteiger partial charge >= 0.3 is 0 Å². The van der Waals surface area contributed by atoms with Crippen LogP contribution in [0.1, 0.15) is 13.8 Å². The maximum atomic E-state index is 11.4. The topological polar surface area (TPSA) is 75.3 Å². The van der Waals surface area contributed by atoms with E-state index in [0.29, 0.717) is 0 Å². The molecule has 0 heterocycles. The number of carbonyl (C=O) groups excluding carboxylic acids is 1. The minimum absolute atomic E-state index is 0.0292. The molecule has 0 unspecified atom stereocenters. The van der Waals surface area contributed by atoms with Crippen molar-refractivity contribution in [1.29, 1.82) is 0 Å². The number of carbonyl (C=O) groups is 1. The zero-order valence-electron chi connectivity index (χ0n) is 9.05. The molecule has 0 fully saturated rings. The predicted molar refractivity (Wildman–Crippen MR) is 55.9 cm³/mol. The number of rotatable bonds is 5. The summed E-state index contributed by atoms with van der Waals surface area (Å²) in [6.45, 7) is 3.61. The van der Waals surface area contributed by atoms with Gasteiger partial charge < -0.3 is 10.6 Å². The summed E-state index contributed by atoms with van der Waals surface area (Å²) in [6.07, 6.45) is 1.14. The lowest BCUT2D eigenvalue weighted by molar-refractivity contribution is -0.126. The molecule has 6 heteroatoms. The van der Waals surface area contributed by atoms with Crippen molar-refractivity contribution in [3.05, 3.63) is 0 Å². The summed E-state index contributed by atoms with van der Waals surface area (Å²) in [4.78, 5) is 11.4. The van der Waals surface area contributed by atoms with E-state index in [2.05, 4.69) is 10.6 Å². The number of likely N-dealkylation sites (N-methyl/N-ethyl adjacent to an activating group) is 1. The second kappa shape index (κ2) is 4.75. The molecule has 0 aromatic rings. The van der Waals surface area contributed by atoms with Crippen LogP contribution in [-0.2, 0) is 14.6 Å². The average Bonchev–Trinajstić information content (AvgIpc) is 2.02. The van der Waals surface area contributed by atoms with Gasteiger partial charge in [0.2, 0.25) is 5.91 Å². The lowest BCUT2D eigenvalue weighted by atomic mass is 10.1. The number of sulfone groups is 1. The molecule has 0 aliphatic rings. The Morgan fingerprint density at radius 3 is 2.21 bits per heavy atom. The van der Waals surface area contributed by atoms with Gasteiger partial charge in [-0.2, -0.15) is 0 Å². The Kier molecular flexibility index (Phi) is 4.54. The highest BCUT2D eigenvalue weighted by Gasteiger charge is 2.24. The molecule has 0 aromatic heterocycles. The second-order valence-corrected chi connectivity index (χ2v) is 6.02. The Labute approximate surface area is 85.2 Å². The fourth-order valence-corrected chi connectivity index (χ4v) is 1.16. The Hall–Kier alpha value is -0.620. The minimum Gasteiger partial charge on any atom is -0.353 e. The van der Waals surface area contributed by atoms with Crippen molar-refractivity contribution in [3.63, 3.8) is 0 Å². The predicted octanol–water partition coefficient (Wildman–Crippen LogP) is -0.855. The van der Waals surface area contributed by atoms with Crippen molar-refractivity contribution in [2.45, 2.75) is 19.4 Å². The van der Waals surface area contributed by atoms with E-state index in [4.69, 9.17) is 0 Å². The quantitative estimate of drug-likeness (QED) is 0.635. The van der Waals surface area contributed by atoms with Crippen molar-refractivity contribution in [2.24, 2.45) is 0 Å². The summed E-state index contributed by atoms with van der Waals surface area (Å²) in [5, 5.41) is 5.38. The SMILES string of the molecule is CNC(C)(C)C(=O)NCCS(C)(=O)=O. The fraction of sp³-hybridized carbons (Fsp3) is 0.875. The van der Waals surface area contributed by atoms with Crippen LogP contribution in [0.2, 0.25) is 0 Å². The third-order valence-corrected chi connectivity index (χ3v) is 2.90. The Morgan fingerprint density at radius 1 is 1.36 bits per heavy atom. The van der Waals surface area contributed by atoms with Crippen LogP contribution >= 0.6 is 0 Å². The monoisotopic (exact) mass is 222 g/mol. The van der Waals surface area contributed by atoms with Gasteiger partial charge in [-0.25, -0.2) is 8.42 Å². The van der Waals surface area contributed by atoms with Crippen LogP contribution in [0.3, 0.4) is 0 Å². The number of amides is 1. The van der Waals surface area contributed by atoms with Crippen molar-refractivity contribution in [2.75, 3.05) is 25.6 Å². The first-order chi connectivity index (χ1) is 6.19. The van der Waals surface area contributed by atoms with E-state index in [-0.39, 0.29) is 18.2 Å². The highest BCUT2D eigenvalue weighted by molar-refractivity contribution is 7.90. The smallest absolute Gasteiger partial charge is 0.239 e. The highest BCUT2D eigenvalue weighted by Crippen LogP contribution is 1.99. The molecular formula is C8H18N2O3S. The fourth-order valence-electron chi connectivity index (χ4n) is 0.684. The van der Waals surface area contributed by atoms with E-state index in [1.165, 1.54) is 0 Å². The summed E-state index contributed by atoms with van der Waals surface area (Å²) < 4.78 is 21.5. The molecule has 0 aliphatic heterocycles. The average molecular weight is 222 g/mol. The third-order valence-electron chi connectivity index (χ3n) is 1.95. The van der Waals surface area contributed by atoms with Crippen LogP contribution in [-0.4, -0.2) is 45.5 Å². The first kappa shape index (κ1) is 13.4. The van der Waals surface area contributed by atoms with E-state index in [0.717, 1.165) is 6.26 Å². The van der Waals surface area contributed by atoms with Crippen LogP contribution in [0.25, 0.3) is 0 Å². The molecule has 0 saturated carbocycles. The molecule has 5 nitrogen and oxygen atoms in total. The minimum atomic E-state index is -3.01. The highest BCUT2D eigenvalue weighted by atomic mass is 32.2. The number of nitrogens with one attached hydrogen (secondary N) is 2. The maximum Gasteiger partial charge on any atom is 0.239 e. The normalized spacial score (nSPS) is 12.6. The maximum absolute atomic E-state index is 11.4. The third kappa shape index (κ3) is 5.18. The van der Waals surface area contributed by atoms with Crippen LogP contribution in [0.5, 0.6) is 0 Å². The van der Waals surface area contributed by atoms with Gasteiger partial charge in [0, 0.05) is 12.8 Å². The van der Waals surface area contributed by atoms with Crippen molar-refractivity contribution in [3.8, 4) is 0 Å². The molecule has 0 aliphatic carbocycles. The molecule has 0 spiro atoms. The lowest BCUT2D eigenvalue weighted by Crippen LogP contribution is -2.51. The van der Waals surface area contributed by atoms with Crippen LogP contribution < -0.4 is 10.6 Å². The Morgan fingerprint density at radius 2 is 1.86 bits per heavy atom. The van der Waals surface area contributed by atoms with Gasteiger partial charge in [0.05, 0.1) is 11.3 Å². The molecule has 2 N–H and O–H groups in total. The van der Waals surface area contributed by atoms with Crippen molar-refractivity contribution in [1.82, 2.24) is 10.6 Å². The van der Waals surface area contributed by atoms with Crippen molar-refractivity contribution < 1.29 is 13.2 Å². The molecule has 0 atom stereocenters. The zero-order valence-corrected chi connectivity index (χ0v) is 9.86. The van der Waals surface area contributed by atoms with Crippen LogP contribution in [0.4, 0.5) is 0 Å². The molecule has 0 bridgehead atoms. The summed E-state index contributed by atoms with van der Waals surface area (Å²) in [5.74, 6) is -0.234. The molecule has 0 rings (SSSR count). The molecule has 14 heavy (non-hydrogen) atoms. The van der Waals surface area contributed by atoms with Gasteiger partial charge in [-0.3, -0.25) is 4.79 Å². The molecule has 1 amide bonds. The first-order valence-electron chi connectivity index (χ1n) is 4.34. The largest absolute Gasteiger partial charge is 0.353 e. The molecule has 0 aromatic carbocycles. The van der Waals surface area contributed by atoms with Gasteiger partial charge in [-0.05, 0) is 20.9 Å². The second-order valence-electron chi connectivity index (χ2n) is 3.76. The van der Waals surface area contributed by atoms with E-state index >= 15 is 0 Å². The van der Waals surface area contributed by atoms with Gasteiger partial charge in [-0.15, -0.1) is 0 Å². The van der Waals surface area contributed by atoms with E-state index < -0.39 is 15.4 Å². The first-order valence-corrected chi connectivity index (χ1v) is 6.40. The molecule has 84 valence electrons. The van der Waals surface area contributed by atoms with Gasteiger partial charge in [0.1, 0.15) is 9.84 Å². The molecular weight excluding hydrogens is 204 g/mol. The van der Waals surface area contributed by atoms with Crippen LogP contribution in [0, 0.1) is 0 Å². The van der Waals surface area contributed by atoms with Gasteiger partial charge in [0.15, 0.2) is 0 Å². The Balaban J connectivity index is 3.99. The van der Waals surface area contributed by atoms with Crippen LogP contribution in [0.15, 0.2) is 0 Å². The number of hydrogen-bond donors (Lipinski definition) is 2. The summed E-state index contributed by atoms with van der Waals surface area (Å²) in [5.41, 5.74) is -0.669. The summed E-state index contributed by atoms with van der Waals surface area (Å²) >= 11 is 0. The molecule has 0 saturated heterocycles. The van der Waals surface area contributed by atoms with Gasteiger partial charge in [-0.1, -0.05) is 0 Å². The van der Waals surface area contributed by atoms with E-state index in [1.54, 1.807) is 20.9 Å². The standard InChI is InChI=1S/C8H18N2O3S/c1-8(2,9-3)7(11)10-5-6-14(4,12)13/h9H,5-6H2,1-4H3,(H,10,11).